The SMILES string of the molecule is NC(=[NH2+])NCc1ccc2c(-c3c(P(c4ccccc4)c4ccccc4)ccc4cc(CNC(N)=[NH2+])ccc34)c(P(c3ccccc3)c3ccccc3)ccc2c1.[Cl-].[Cl-]. The number of hydrogen-bond acceptors (Lipinski definition) is 0. The number of fused-ring (bicyclic) bond motifs is 2. The Morgan fingerprint density at radius 2 is 0.724 bits per heavy atom. The summed E-state index contributed by atoms with van der Waals surface area (Å²) in [4.78, 5) is 0. The van der Waals surface area contributed by atoms with Crippen molar-refractivity contribution in [3.63, 3.8) is 0 Å². The van der Waals surface area contributed by atoms with E-state index in [1.54, 1.807) is 0 Å². The zero-order valence-electron chi connectivity index (χ0n) is 31.7. The fourth-order valence-electron chi connectivity index (χ4n) is 7.42. The van der Waals surface area contributed by atoms with Crippen LogP contribution in [0, 0.1) is 0 Å². The van der Waals surface area contributed by atoms with E-state index in [9.17, 15) is 0 Å². The van der Waals surface area contributed by atoms with E-state index in [2.05, 4.69) is 193 Å². The van der Waals surface area contributed by atoms with Crippen LogP contribution < -0.4 is 89.6 Å². The normalized spacial score (nSPS) is 10.9. The molecule has 0 fully saturated rings. The number of nitrogens with one attached hydrogen (secondary N) is 2. The summed E-state index contributed by atoms with van der Waals surface area (Å²) in [7, 11) is -1.97. The zero-order chi connectivity index (χ0) is 38.4. The molecule has 58 heavy (non-hydrogen) atoms. The predicted molar refractivity (Wildman–Crippen MR) is 240 cm³/mol. The molecule has 0 aliphatic carbocycles. The molecule has 8 rings (SSSR count). The fraction of sp³-hybridized carbons (Fsp3) is 0.0417. The Kier molecular flexibility index (Phi) is 13.8. The van der Waals surface area contributed by atoms with Crippen molar-refractivity contribution >= 4 is 81.1 Å². The molecule has 0 heterocycles. The molecule has 0 atom stereocenters. The highest BCUT2D eigenvalue weighted by Gasteiger charge is 2.28. The average molecular weight is 838 g/mol. The first kappa shape index (κ1) is 41.9. The van der Waals surface area contributed by atoms with Crippen LogP contribution in [0.4, 0.5) is 0 Å². The molecule has 0 radical (unpaired) electrons. The summed E-state index contributed by atoms with van der Waals surface area (Å²) in [5.74, 6) is 0.407. The molecule has 0 spiro atoms. The lowest BCUT2D eigenvalue weighted by Gasteiger charge is -2.28. The molecule has 0 saturated carbocycles. The largest absolute Gasteiger partial charge is 1.00 e. The van der Waals surface area contributed by atoms with Crippen molar-refractivity contribution in [2.45, 2.75) is 13.1 Å². The molecule has 0 saturated heterocycles. The number of benzene rings is 8. The van der Waals surface area contributed by atoms with Crippen molar-refractivity contribution in [1.82, 2.24) is 10.6 Å². The van der Waals surface area contributed by atoms with Gasteiger partial charge in [0, 0.05) is 0 Å². The molecule has 0 aliphatic rings. The Morgan fingerprint density at radius 1 is 0.414 bits per heavy atom. The van der Waals surface area contributed by atoms with E-state index < -0.39 is 15.8 Å². The topological polar surface area (TPSA) is 127 Å². The molecular formula is C48H44Cl2N6P2. The van der Waals surface area contributed by atoms with Gasteiger partial charge in [-0.1, -0.05) is 170 Å². The quantitative estimate of drug-likeness (QED) is 0.0491. The van der Waals surface area contributed by atoms with Crippen LogP contribution in [0.3, 0.4) is 0 Å². The molecule has 0 amide bonds. The van der Waals surface area contributed by atoms with E-state index in [0.717, 1.165) is 21.9 Å². The molecule has 10 N–H and O–H groups in total. The average Bonchev–Trinajstić information content (AvgIpc) is 3.24. The van der Waals surface area contributed by atoms with Crippen LogP contribution >= 0.6 is 15.8 Å². The third-order valence-electron chi connectivity index (χ3n) is 9.91. The molecule has 0 unspecified atom stereocenters. The Balaban J connectivity index is 0.00000283. The molecule has 0 bridgehead atoms. The highest BCUT2D eigenvalue weighted by Crippen LogP contribution is 2.46. The first-order chi connectivity index (χ1) is 27.4. The summed E-state index contributed by atoms with van der Waals surface area (Å²) in [6.07, 6.45) is 0. The molecule has 8 aromatic rings. The van der Waals surface area contributed by atoms with Gasteiger partial charge in [-0.25, -0.2) is 0 Å². The van der Waals surface area contributed by atoms with Crippen LogP contribution in [0.1, 0.15) is 11.1 Å². The maximum absolute atomic E-state index is 5.82. The van der Waals surface area contributed by atoms with Crippen molar-refractivity contribution in [1.29, 1.82) is 0 Å². The summed E-state index contributed by atoms with van der Waals surface area (Å²) < 4.78 is 0. The second kappa shape index (κ2) is 19.1. The third kappa shape index (κ3) is 9.02. The van der Waals surface area contributed by atoms with Crippen LogP contribution in [0.25, 0.3) is 32.7 Å². The van der Waals surface area contributed by atoms with Gasteiger partial charge >= 0.3 is 11.9 Å². The van der Waals surface area contributed by atoms with Crippen LogP contribution in [0.15, 0.2) is 182 Å². The molecule has 290 valence electrons. The summed E-state index contributed by atoms with van der Waals surface area (Å²) in [5, 5.41) is 30.3. The van der Waals surface area contributed by atoms with Crippen molar-refractivity contribution in [2.75, 3.05) is 0 Å². The zero-order valence-corrected chi connectivity index (χ0v) is 35.0. The first-order valence-electron chi connectivity index (χ1n) is 18.6. The second-order valence-corrected chi connectivity index (χ2v) is 18.0. The van der Waals surface area contributed by atoms with Gasteiger partial charge in [-0.2, -0.15) is 0 Å². The number of halogens is 2. The van der Waals surface area contributed by atoms with E-state index in [0.29, 0.717) is 13.1 Å². The third-order valence-corrected chi connectivity index (χ3v) is 14.9. The lowest BCUT2D eigenvalue weighted by atomic mass is 9.92. The molecule has 10 heteroatoms. The van der Waals surface area contributed by atoms with E-state index in [-0.39, 0.29) is 36.7 Å². The van der Waals surface area contributed by atoms with Gasteiger partial charge in [0.25, 0.3) is 0 Å². The van der Waals surface area contributed by atoms with Gasteiger partial charge < -0.3 is 24.8 Å². The molecular weight excluding hydrogens is 793 g/mol. The van der Waals surface area contributed by atoms with Gasteiger partial charge in [0.05, 0.1) is 13.1 Å². The Morgan fingerprint density at radius 3 is 1.02 bits per heavy atom. The Bertz CT molecular complexity index is 2400. The van der Waals surface area contributed by atoms with Crippen LogP contribution in [0.2, 0.25) is 0 Å². The maximum atomic E-state index is 5.82. The first-order valence-corrected chi connectivity index (χ1v) is 21.3. The van der Waals surface area contributed by atoms with Crippen molar-refractivity contribution in [3.05, 3.63) is 193 Å². The highest BCUT2D eigenvalue weighted by molar-refractivity contribution is 7.80. The van der Waals surface area contributed by atoms with E-state index in [1.807, 2.05) is 0 Å². The monoisotopic (exact) mass is 836 g/mol. The lowest BCUT2D eigenvalue weighted by molar-refractivity contribution is -0.121. The van der Waals surface area contributed by atoms with E-state index in [4.69, 9.17) is 22.3 Å². The molecule has 6 nitrogen and oxygen atoms in total. The minimum absolute atomic E-state index is 0. The summed E-state index contributed by atoms with van der Waals surface area (Å²) >= 11 is 0. The van der Waals surface area contributed by atoms with Gasteiger partial charge in [0.2, 0.25) is 0 Å². The van der Waals surface area contributed by atoms with Gasteiger partial charge in [-0.05, 0) is 104 Å². The van der Waals surface area contributed by atoms with E-state index in [1.165, 1.54) is 53.7 Å². The van der Waals surface area contributed by atoms with Crippen molar-refractivity contribution < 1.29 is 35.6 Å². The Labute approximate surface area is 354 Å². The fourth-order valence-corrected chi connectivity index (χ4v) is 12.4. The van der Waals surface area contributed by atoms with Crippen molar-refractivity contribution in [3.8, 4) is 11.1 Å². The lowest BCUT2D eigenvalue weighted by Crippen LogP contribution is -3.00. The summed E-state index contributed by atoms with van der Waals surface area (Å²) in [5.41, 5.74) is 16.3. The van der Waals surface area contributed by atoms with Crippen LogP contribution in [-0.2, 0) is 13.1 Å². The van der Waals surface area contributed by atoms with Gasteiger partial charge in [0.1, 0.15) is 0 Å². The standard InChI is InChI=1S/C48H42N6P2.2ClH/c49-47(50)53-31-33-21-25-41-35(29-33)23-27-43(55(37-13-5-1-6-14-37)38-15-7-2-8-16-38)45(41)46-42-26-22-34(32-54-48(51)52)30-36(42)24-28-44(46)56(39-17-9-3-10-18-39)40-19-11-4-12-20-40;;/h1-30H,31-32H2,(H4,49,50,53)(H4,51,52,54);2*1H. The number of hydrogen-bond donors (Lipinski definition) is 6. The smallest absolute Gasteiger partial charge is 0.339 e. The minimum Gasteiger partial charge on any atom is -1.00 e. The van der Waals surface area contributed by atoms with Gasteiger partial charge in [0.15, 0.2) is 0 Å². The number of rotatable bonds is 11. The number of nitrogens with two attached hydrogens (primary N) is 4. The van der Waals surface area contributed by atoms with Crippen molar-refractivity contribution in [2.24, 2.45) is 11.5 Å². The Hall–Kier alpha value is -5.74. The van der Waals surface area contributed by atoms with Gasteiger partial charge in [-0.3, -0.25) is 32.9 Å². The number of guanidine groups is 2. The molecule has 0 aliphatic heterocycles. The van der Waals surface area contributed by atoms with Gasteiger partial charge in [-0.15, -0.1) is 0 Å². The van der Waals surface area contributed by atoms with Crippen LogP contribution in [0.5, 0.6) is 0 Å². The second-order valence-electron chi connectivity index (χ2n) is 13.7. The predicted octanol–water partition coefficient (Wildman–Crippen LogP) is -2.49. The minimum atomic E-state index is -0.984. The maximum Gasteiger partial charge on any atom is 0.339 e. The molecule has 0 aromatic heterocycles. The summed E-state index contributed by atoms with van der Waals surface area (Å²) in [6, 6.07) is 66.6. The van der Waals surface area contributed by atoms with Crippen LogP contribution in [-0.4, -0.2) is 11.9 Å². The van der Waals surface area contributed by atoms with E-state index >= 15 is 0 Å². The molecule has 8 aromatic carbocycles. The summed E-state index contributed by atoms with van der Waals surface area (Å²) in [6.45, 7) is 1.06. The highest BCUT2D eigenvalue weighted by atomic mass is 35.5.